The molecule has 0 bridgehead atoms. The van der Waals surface area contributed by atoms with E-state index in [0.717, 1.165) is 6.07 Å². The summed E-state index contributed by atoms with van der Waals surface area (Å²) < 4.78 is 35.2. The number of esters is 1. The van der Waals surface area contributed by atoms with Crippen molar-refractivity contribution in [1.29, 1.82) is 0 Å². The van der Waals surface area contributed by atoms with E-state index in [1.54, 1.807) is 37.3 Å². The van der Waals surface area contributed by atoms with E-state index < -0.39 is 16.0 Å². The van der Waals surface area contributed by atoms with Gasteiger partial charge < -0.3 is 20.5 Å². The highest BCUT2D eigenvalue weighted by atomic mass is 32.2. The van der Waals surface area contributed by atoms with Crippen molar-refractivity contribution < 1.29 is 22.7 Å². The Labute approximate surface area is 164 Å². The van der Waals surface area contributed by atoms with Crippen molar-refractivity contribution in [2.45, 2.75) is 31.2 Å². The molecule has 152 valence electrons. The standard InChI is InChI=1S/C19H25N3O5S/c1-3-14(20)12-22-16-10-13(19(23)26-4-2)11-17(28(21,24)25)18(16)27-15-8-6-5-7-9-15/h5-11,14,22H,3-4,12,20H2,1-2H3,(H2,21,24,25). The first-order valence-electron chi connectivity index (χ1n) is 8.86. The summed E-state index contributed by atoms with van der Waals surface area (Å²) in [6.45, 7) is 4.08. The molecule has 9 heteroatoms. The van der Waals surface area contributed by atoms with Crippen LogP contribution in [-0.2, 0) is 14.8 Å². The molecular weight excluding hydrogens is 382 g/mol. The second kappa shape index (κ2) is 9.54. The lowest BCUT2D eigenvalue weighted by Gasteiger charge is -2.19. The molecule has 0 saturated carbocycles. The van der Waals surface area contributed by atoms with Crippen molar-refractivity contribution in [2.24, 2.45) is 10.9 Å². The minimum Gasteiger partial charge on any atom is -0.462 e. The maximum atomic E-state index is 12.2. The zero-order valence-electron chi connectivity index (χ0n) is 15.8. The van der Waals surface area contributed by atoms with E-state index in [0.29, 0.717) is 18.7 Å². The quantitative estimate of drug-likeness (QED) is 0.544. The molecule has 28 heavy (non-hydrogen) atoms. The van der Waals surface area contributed by atoms with Gasteiger partial charge in [0.25, 0.3) is 0 Å². The summed E-state index contributed by atoms with van der Waals surface area (Å²) in [5.41, 5.74) is 6.28. The average molecular weight is 407 g/mol. The van der Waals surface area contributed by atoms with Crippen molar-refractivity contribution >= 4 is 21.7 Å². The number of hydrogen-bond donors (Lipinski definition) is 3. The molecule has 0 spiro atoms. The molecule has 0 aromatic heterocycles. The van der Waals surface area contributed by atoms with Gasteiger partial charge in [0.2, 0.25) is 10.0 Å². The van der Waals surface area contributed by atoms with Crippen LogP contribution in [0.2, 0.25) is 0 Å². The molecule has 0 radical (unpaired) electrons. The fourth-order valence-corrected chi connectivity index (χ4v) is 3.08. The van der Waals surface area contributed by atoms with Crippen LogP contribution in [0.5, 0.6) is 11.5 Å². The number of rotatable bonds is 9. The molecule has 0 heterocycles. The first kappa shape index (κ1) is 21.7. The first-order valence-corrected chi connectivity index (χ1v) is 10.4. The van der Waals surface area contributed by atoms with E-state index in [4.69, 9.17) is 20.3 Å². The summed E-state index contributed by atoms with van der Waals surface area (Å²) in [6.07, 6.45) is 0.710. The second-order valence-corrected chi connectivity index (χ2v) is 7.61. The number of nitrogens with one attached hydrogen (secondary N) is 1. The van der Waals surface area contributed by atoms with E-state index in [2.05, 4.69) is 5.32 Å². The third-order valence-corrected chi connectivity index (χ3v) is 4.83. The van der Waals surface area contributed by atoms with Gasteiger partial charge in [0.05, 0.1) is 17.9 Å². The lowest BCUT2D eigenvalue weighted by Crippen LogP contribution is -2.28. The van der Waals surface area contributed by atoms with Crippen LogP contribution in [0.15, 0.2) is 47.4 Å². The van der Waals surface area contributed by atoms with Crippen LogP contribution in [0.25, 0.3) is 0 Å². The summed E-state index contributed by atoms with van der Waals surface area (Å²) in [7, 11) is -4.20. The molecule has 0 amide bonds. The molecule has 0 fully saturated rings. The van der Waals surface area contributed by atoms with Crippen molar-refractivity contribution in [3.8, 4) is 11.5 Å². The lowest BCUT2D eigenvalue weighted by molar-refractivity contribution is 0.0526. The molecule has 1 atom stereocenters. The minimum atomic E-state index is -4.20. The number of carbonyl (C=O) groups excluding carboxylic acids is 1. The van der Waals surface area contributed by atoms with Crippen LogP contribution in [0, 0.1) is 0 Å². The van der Waals surface area contributed by atoms with Gasteiger partial charge in [-0.1, -0.05) is 25.1 Å². The van der Waals surface area contributed by atoms with Crippen LogP contribution in [0.4, 0.5) is 5.69 Å². The highest BCUT2D eigenvalue weighted by Gasteiger charge is 2.24. The second-order valence-electron chi connectivity index (χ2n) is 6.08. The van der Waals surface area contributed by atoms with Crippen molar-refractivity contribution in [2.75, 3.05) is 18.5 Å². The van der Waals surface area contributed by atoms with Crippen molar-refractivity contribution in [3.63, 3.8) is 0 Å². The summed E-state index contributed by atoms with van der Waals surface area (Å²) in [5, 5.41) is 8.45. The van der Waals surface area contributed by atoms with Crippen molar-refractivity contribution in [3.05, 3.63) is 48.0 Å². The van der Waals surface area contributed by atoms with E-state index in [9.17, 15) is 13.2 Å². The van der Waals surface area contributed by atoms with Gasteiger partial charge in [0.1, 0.15) is 10.6 Å². The molecule has 2 rings (SSSR count). The van der Waals surface area contributed by atoms with Gasteiger partial charge in [-0.05, 0) is 37.6 Å². The Morgan fingerprint density at radius 1 is 1.18 bits per heavy atom. The predicted octanol–water partition coefficient (Wildman–Crippen LogP) is 2.45. The summed E-state index contributed by atoms with van der Waals surface area (Å²) in [4.78, 5) is 11.9. The molecule has 5 N–H and O–H groups in total. The van der Waals surface area contributed by atoms with Crippen LogP contribution < -0.4 is 20.9 Å². The van der Waals surface area contributed by atoms with E-state index in [1.807, 2.05) is 6.92 Å². The Morgan fingerprint density at radius 3 is 2.43 bits per heavy atom. The number of carbonyl (C=O) groups is 1. The number of sulfonamides is 1. The Morgan fingerprint density at radius 2 is 1.86 bits per heavy atom. The van der Waals surface area contributed by atoms with Crippen LogP contribution in [0.3, 0.4) is 0 Å². The zero-order valence-corrected chi connectivity index (χ0v) is 16.7. The fourth-order valence-electron chi connectivity index (χ4n) is 2.37. The Hall–Kier alpha value is -2.62. The van der Waals surface area contributed by atoms with Gasteiger partial charge >= 0.3 is 5.97 Å². The number of primary sulfonamides is 1. The molecule has 2 aromatic rings. The first-order chi connectivity index (χ1) is 13.3. The van der Waals surface area contributed by atoms with E-state index >= 15 is 0 Å². The Balaban J connectivity index is 2.60. The maximum absolute atomic E-state index is 12.2. The topological polar surface area (TPSA) is 134 Å². The smallest absolute Gasteiger partial charge is 0.338 e. The molecule has 0 aliphatic carbocycles. The molecule has 0 aliphatic rings. The third kappa shape index (κ3) is 5.69. The van der Waals surface area contributed by atoms with Crippen LogP contribution >= 0.6 is 0 Å². The molecule has 1 unspecified atom stereocenters. The number of hydrogen-bond acceptors (Lipinski definition) is 7. The SMILES string of the molecule is CCOC(=O)c1cc(NCC(N)CC)c(Oc2ccccc2)c(S(N)(=O)=O)c1. The zero-order chi connectivity index (χ0) is 20.7. The summed E-state index contributed by atoms with van der Waals surface area (Å²) in [5.74, 6) is -0.259. The highest BCUT2D eigenvalue weighted by Crippen LogP contribution is 2.37. The predicted molar refractivity (Wildman–Crippen MR) is 107 cm³/mol. The van der Waals surface area contributed by atoms with Crippen molar-refractivity contribution in [1.82, 2.24) is 0 Å². The molecular formula is C19H25N3O5S. The number of para-hydroxylation sites is 1. The fraction of sp³-hybridized carbons (Fsp3) is 0.316. The number of anilines is 1. The lowest BCUT2D eigenvalue weighted by atomic mass is 10.1. The van der Waals surface area contributed by atoms with Gasteiger partial charge in [0, 0.05) is 12.6 Å². The van der Waals surface area contributed by atoms with Crippen LogP contribution in [0.1, 0.15) is 30.6 Å². The van der Waals surface area contributed by atoms with E-state index in [1.165, 1.54) is 6.07 Å². The highest BCUT2D eigenvalue weighted by molar-refractivity contribution is 7.89. The maximum Gasteiger partial charge on any atom is 0.338 e. The van der Waals surface area contributed by atoms with Gasteiger partial charge in [-0.25, -0.2) is 18.4 Å². The minimum absolute atomic E-state index is 0.00921. The van der Waals surface area contributed by atoms with Gasteiger partial charge in [-0.3, -0.25) is 0 Å². The molecule has 2 aromatic carbocycles. The average Bonchev–Trinajstić information content (AvgIpc) is 2.66. The monoisotopic (exact) mass is 407 g/mol. The molecule has 8 nitrogen and oxygen atoms in total. The summed E-state index contributed by atoms with van der Waals surface area (Å²) >= 11 is 0. The number of nitrogens with two attached hydrogens (primary N) is 2. The Kier molecular flexibility index (Phi) is 7.38. The van der Waals surface area contributed by atoms with Gasteiger partial charge in [-0.2, -0.15) is 0 Å². The van der Waals surface area contributed by atoms with Gasteiger partial charge in [0.15, 0.2) is 5.75 Å². The third-order valence-electron chi connectivity index (χ3n) is 3.91. The molecule has 0 aliphatic heterocycles. The van der Waals surface area contributed by atoms with Gasteiger partial charge in [-0.15, -0.1) is 0 Å². The number of benzene rings is 2. The largest absolute Gasteiger partial charge is 0.462 e. The normalized spacial score (nSPS) is 12.3. The van der Waals surface area contributed by atoms with E-state index in [-0.39, 0.29) is 34.5 Å². The summed E-state index contributed by atoms with van der Waals surface area (Å²) in [6, 6.07) is 11.1. The molecule has 0 saturated heterocycles. The number of ether oxygens (including phenoxy) is 2. The van der Waals surface area contributed by atoms with Crippen LogP contribution in [-0.4, -0.2) is 33.6 Å². The Bertz CT molecular complexity index is 917.